The van der Waals surface area contributed by atoms with Gasteiger partial charge in [-0.15, -0.1) is 0 Å². The first kappa shape index (κ1) is 46.2. The number of halogens is 2. The first-order chi connectivity index (χ1) is 37.3. The van der Waals surface area contributed by atoms with Gasteiger partial charge in [-0.25, -0.2) is 18.5 Å². The zero-order valence-electron chi connectivity index (χ0n) is 40.4. The van der Waals surface area contributed by atoms with Crippen molar-refractivity contribution in [1.82, 2.24) is 0 Å². The van der Waals surface area contributed by atoms with Gasteiger partial charge in [0.25, 0.3) is 0 Å². The van der Waals surface area contributed by atoms with E-state index in [1.807, 2.05) is 119 Å². The minimum Gasteiger partial charge on any atom is -0.307 e. The standard InChI is InChI=1S/C68H38F2N6/c1-73-51-29-21-46(22-30-51)56-36-37-57(47-19-15-44(42-72)16-20-47)67(66(56)70)75(53-9-5-3-6-10-53)61-39-27-49-26-34-60-62(40-28-50-25-33-59(61)63(49)64(50)60)76(54-11-7-4-8-12-54)68-58(48-23-31-52(74-2)32-24-48)38-35-55(65(68)69)45-17-13-43(41-71)14-18-45/h3-40H. The Kier molecular flexibility index (Phi) is 11.7. The van der Waals surface area contributed by atoms with Crippen LogP contribution in [0.4, 0.5) is 54.3 Å². The van der Waals surface area contributed by atoms with E-state index >= 15 is 8.78 Å². The number of hydrogen-bond acceptors (Lipinski definition) is 4. The second-order valence-electron chi connectivity index (χ2n) is 18.3. The Balaban J connectivity index is 1.13. The average Bonchev–Trinajstić information content (AvgIpc) is 3.52. The smallest absolute Gasteiger partial charge is 0.187 e. The Hall–Kier alpha value is -10.9. The third kappa shape index (κ3) is 7.94. The molecule has 0 atom stereocenters. The summed E-state index contributed by atoms with van der Waals surface area (Å²) < 4.78 is 36.6. The normalized spacial score (nSPS) is 11.0. The van der Waals surface area contributed by atoms with E-state index in [0.29, 0.717) is 101 Å². The zero-order valence-corrected chi connectivity index (χ0v) is 40.4. The fourth-order valence-corrected chi connectivity index (χ4v) is 10.4. The molecule has 0 aliphatic rings. The van der Waals surface area contributed by atoms with E-state index in [-0.39, 0.29) is 0 Å². The molecule has 0 saturated carbocycles. The van der Waals surface area contributed by atoms with Crippen LogP contribution < -0.4 is 9.80 Å². The highest BCUT2D eigenvalue weighted by molar-refractivity contribution is 6.28. The van der Waals surface area contributed by atoms with Gasteiger partial charge in [0.2, 0.25) is 0 Å². The van der Waals surface area contributed by atoms with Crippen molar-refractivity contribution in [3.05, 3.63) is 276 Å². The van der Waals surface area contributed by atoms with E-state index in [1.54, 1.807) is 84.9 Å². The molecule has 0 aliphatic heterocycles. The summed E-state index contributed by atoms with van der Waals surface area (Å²) in [5.74, 6) is -0.950. The molecule has 0 aromatic heterocycles. The highest BCUT2D eigenvalue weighted by Crippen LogP contribution is 2.52. The van der Waals surface area contributed by atoms with Gasteiger partial charge in [0, 0.05) is 44.4 Å². The first-order valence-corrected chi connectivity index (χ1v) is 24.4. The van der Waals surface area contributed by atoms with Gasteiger partial charge in [-0.05, 0) is 104 Å². The van der Waals surface area contributed by atoms with Crippen LogP contribution in [0, 0.1) is 47.4 Å². The van der Waals surface area contributed by atoms with Crippen LogP contribution in [0.25, 0.3) is 86.5 Å². The fourth-order valence-electron chi connectivity index (χ4n) is 10.4. The Bertz CT molecular complexity index is 4090. The summed E-state index contributed by atoms with van der Waals surface area (Å²) in [7, 11) is 0. The molecular formula is C68H38F2N6. The molecule has 0 heterocycles. The molecule has 12 aromatic carbocycles. The van der Waals surface area contributed by atoms with Crippen molar-refractivity contribution >= 4 is 77.8 Å². The molecule has 0 N–H and O–H groups in total. The van der Waals surface area contributed by atoms with E-state index in [1.165, 1.54) is 0 Å². The number of nitrogens with zero attached hydrogens (tertiary/aromatic N) is 6. The number of para-hydroxylation sites is 2. The minimum absolute atomic E-state index is 0.295. The molecule has 0 fully saturated rings. The molecule has 12 rings (SSSR count). The lowest BCUT2D eigenvalue weighted by Crippen LogP contribution is -2.15. The molecule has 12 aromatic rings. The third-order valence-corrected chi connectivity index (χ3v) is 14.1. The highest BCUT2D eigenvalue weighted by Gasteiger charge is 2.29. The van der Waals surface area contributed by atoms with Gasteiger partial charge >= 0.3 is 0 Å². The quantitative estimate of drug-likeness (QED) is 0.101. The molecular weight excluding hydrogens is 939 g/mol. The van der Waals surface area contributed by atoms with Crippen molar-refractivity contribution in [3.63, 3.8) is 0 Å². The van der Waals surface area contributed by atoms with Crippen molar-refractivity contribution in [3.8, 4) is 56.6 Å². The molecule has 6 nitrogen and oxygen atoms in total. The maximum atomic E-state index is 18.3. The second kappa shape index (κ2) is 19.3. The molecule has 0 aliphatic carbocycles. The second-order valence-corrected chi connectivity index (χ2v) is 18.3. The maximum Gasteiger partial charge on any atom is 0.187 e. The summed E-state index contributed by atoms with van der Waals surface area (Å²) in [4.78, 5) is 11.1. The van der Waals surface area contributed by atoms with Gasteiger partial charge in [0.15, 0.2) is 23.0 Å². The summed E-state index contributed by atoms with van der Waals surface area (Å²) in [6, 6.07) is 75.7. The lowest BCUT2D eigenvalue weighted by atomic mass is 9.90. The largest absolute Gasteiger partial charge is 0.307 e. The summed E-state index contributed by atoms with van der Waals surface area (Å²) in [6.45, 7) is 15.2. The summed E-state index contributed by atoms with van der Waals surface area (Å²) in [5.41, 5.74) is 9.82. The predicted octanol–water partition coefficient (Wildman–Crippen LogP) is 19.3. The Labute approximate surface area is 437 Å². The Morgan fingerprint density at radius 3 is 1.04 bits per heavy atom. The molecule has 354 valence electrons. The minimum atomic E-state index is -0.476. The molecule has 0 bridgehead atoms. The monoisotopic (exact) mass is 976 g/mol. The number of hydrogen-bond donors (Lipinski definition) is 0. The van der Waals surface area contributed by atoms with E-state index in [9.17, 15) is 10.5 Å². The average molecular weight is 977 g/mol. The molecule has 0 saturated heterocycles. The summed E-state index contributed by atoms with van der Waals surface area (Å²) >= 11 is 0. The van der Waals surface area contributed by atoms with Crippen LogP contribution in [-0.2, 0) is 0 Å². The number of anilines is 6. The molecule has 8 heteroatoms. The van der Waals surface area contributed by atoms with Crippen LogP contribution in [0.5, 0.6) is 0 Å². The fraction of sp³-hybridized carbons (Fsp3) is 0. The van der Waals surface area contributed by atoms with Gasteiger partial charge in [-0.3, -0.25) is 0 Å². The van der Waals surface area contributed by atoms with Crippen molar-refractivity contribution in [2.75, 3.05) is 9.80 Å². The first-order valence-electron chi connectivity index (χ1n) is 24.4. The number of rotatable bonds is 10. The molecule has 76 heavy (non-hydrogen) atoms. The molecule has 0 amide bonds. The lowest BCUT2D eigenvalue weighted by Gasteiger charge is -2.32. The molecule has 0 spiro atoms. The van der Waals surface area contributed by atoms with Gasteiger partial charge in [-0.1, -0.05) is 170 Å². The van der Waals surface area contributed by atoms with E-state index in [0.717, 1.165) is 32.3 Å². The summed E-state index contributed by atoms with van der Waals surface area (Å²) in [6.07, 6.45) is 0. The maximum absolute atomic E-state index is 18.3. The van der Waals surface area contributed by atoms with E-state index in [4.69, 9.17) is 13.1 Å². The highest BCUT2D eigenvalue weighted by atomic mass is 19.1. The van der Waals surface area contributed by atoms with Crippen LogP contribution in [0.1, 0.15) is 11.1 Å². The number of benzene rings is 12. The SMILES string of the molecule is [C-]#[N+]c1ccc(-c2ccc(-c3ccc(C#N)cc3)c(N(c3ccccc3)c3ccc4ccc5c(N(c6ccccc6)c6c(-c7ccc([N+]#[C-])cc7)ccc(-c7ccc(C#N)cc7)c6F)ccc6ccc3c4c65)c2F)cc1. The molecule has 0 unspecified atom stereocenters. The lowest BCUT2D eigenvalue weighted by molar-refractivity contribution is 0.632. The van der Waals surface area contributed by atoms with Crippen molar-refractivity contribution in [2.45, 2.75) is 0 Å². The van der Waals surface area contributed by atoms with Crippen molar-refractivity contribution in [2.24, 2.45) is 0 Å². The predicted molar refractivity (Wildman–Crippen MR) is 303 cm³/mol. The zero-order chi connectivity index (χ0) is 51.9. The van der Waals surface area contributed by atoms with Crippen LogP contribution in [0.2, 0.25) is 0 Å². The Morgan fingerprint density at radius 2 is 0.684 bits per heavy atom. The van der Waals surface area contributed by atoms with E-state index < -0.39 is 11.6 Å². The van der Waals surface area contributed by atoms with Crippen molar-refractivity contribution in [1.29, 1.82) is 10.5 Å². The van der Waals surface area contributed by atoms with Crippen LogP contribution in [-0.4, -0.2) is 0 Å². The van der Waals surface area contributed by atoms with Gasteiger partial charge in [0.1, 0.15) is 0 Å². The van der Waals surface area contributed by atoms with Crippen LogP contribution >= 0.6 is 0 Å². The van der Waals surface area contributed by atoms with Gasteiger partial charge in [0.05, 0.1) is 59.2 Å². The number of nitriles is 2. The van der Waals surface area contributed by atoms with E-state index in [2.05, 4.69) is 58.2 Å². The van der Waals surface area contributed by atoms with Gasteiger partial charge in [-0.2, -0.15) is 10.5 Å². The van der Waals surface area contributed by atoms with Crippen molar-refractivity contribution < 1.29 is 8.78 Å². The van der Waals surface area contributed by atoms with Crippen LogP contribution in [0.3, 0.4) is 0 Å². The Morgan fingerprint density at radius 1 is 0.355 bits per heavy atom. The van der Waals surface area contributed by atoms with Crippen LogP contribution in [0.15, 0.2) is 231 Å². The topological polar surface area (TPSA) is 62.8 Å². The molecule has 0 radical (unpaired) electrons. The third-order valence-electron chi connectivity index (χ3n) is 14.1. The van der Waals surface area contributed by atoms with Gasteiger partial charge < -0.3 is 9.80 Å². The summed E-state index contributed by atoms with van der Waals surface area (Å²) in [5, 5.41) is 24.8.